The second-order valence-electron chi connectivity index (χ2n) is 4.21. The van der Waals surface area contributed by atoms with Crippen molar-refractivity contribution < 1.29 is 19.1 Å². The van der Waals surface area contributed by atoms with Crippen molar-refractivity contribution >= 4 is 11.9 Å². The van der Waals surface area contributed by atoms with E-state index in [4.69, 9.17) is 20.9 Å². The zero-order chi connectivity index (χ0) is 14.4. The highest BCUT2D eigenvalue weighted by Gasteiger charge is 2.13. The number of ether oxygens (including phenoxy) is 2. The summed E-state index contributed by atoms with van der Waals surface area (Å²) in [6.07, 6.45) is 0. The largest absolute Gasteiger partial charge is 0.425 e. The smallest absolute Gasteiger partial charge is 0.325 e. The zero-order valence-electron chi connectivity index (χ0n) is 11.0. The molecule has 0 aliphatic carbocycles. The molecular weight excluding hydrogens is 248 g/mol. The molecule has 0 bridgehead atoms. The van der Waals surface area contributed by atoms with Crippen LogP contribution in [0.25, 0.3) is 0 Å². The Kier molecular flexibility index (Phi) is 5.47. The topological polar surface area (TPSA) is 105 Å². The predicted molar refractivity (Wildman–Crippen MR) is 69.9 cm³/mol. The summed E-state index contributed by atoms with van der Waals surface area (Å²) in [5.41, 5.74) is 11.2. The van der Waals surface area contributed by atoms with Gasteiger partial charge in [0.2, 0.25) is 0 Å². The molecule has 0 spiro atoms. The normalized spacial score (nSPS) is 10.4. The molecule has 0 aliphatic rings. The van der Waals surface area contributed by atoms with Crippen LogP contribution in [0.4, 0.5) is 0 Å². The summed E-state index contributed by atoms with van der Waals surface area (Å²) in [5, 5.41) is 0. The molecule has 0 atom stereocenters. The number of carbonyl (C=O) groups excluding carboxylic acids is 2. The standard InChI is InChI=1S/C13H18N2O4/c1-8(2)10-4-3-9(18-12(16)6-14)5-11(10)19-13(17)7-15/h3-5,8H,6-7,14-15H2,1-2H3. The molecule has 0 unspecified atom stereocenters. The molecule has 0 fully saturated rings. The summed E-state index contributed by atoms with van der Waals surface area (Å²) >= 11 is 0. The molecule has 0 aliphatic heterocycles. The zero-order valence-corrected chi connectivity index (χ0v) is 11.0. The van der Waals surface area contributed by atoms with E-state index in [9.17, 15) is 9.59 Å². The fraction of sp³-hybridized carbons (Fsp3) is 0.385. The number of benzene rings is 1. The van der Waals surface area contributed by atoms with Crippen LogP contribution in [0.15, 0.2) is 18.2 Å². The van der Waals surface area contributed by atoms with Gasteiger partial charge in [0.05, 0.1) is 13.1 Å². The lowest BCUT2D eigenvalue weighted by molar-refractivity contribution is -0.133. The van der Waals surface area contributed by atoms with Crippen LogP contribution >= 0.6 is 0 Å². The average molecular weight is 266 g/mol. The monoisotopic (exact) mass is 266 g/mol. The number of nitrogens with two attached hydrogens (primary N) is 2. The summed E-state index contributed by atoms with van der Waals surface area (Å²) < 4.78 is 10.1. The molecule has 1 aromatic carbocycles. The van der Waals surface area contributed by atoms with Gasteiger partial charge in [0.15, 0.2) is 0 Å². The summed E-state index contributed by atoms with van der Waals surface area (Å²) in [6, 6.07) is 4.85. The fourth-order valence-electron chi connectivity index (χ4n) is 1.48. The van der Waals surface area contributed by atoms with Crippen LogP contribution in [-0.4, -0.2) is 25.0 Å². The van der Waals surface area contributed by atoms with Crippen molar-refractivity contribution in [3.63, 3.8) is 0 Å². The van der Waals surface area contributed by atoms with E-state index in [1.54, 1.807) is 12.1 Å². The third-order valence-corrected chi connectivity index (χ3v) is 2.40. The fourth-order valence-corrected chi connectivity index (χ4v) is 1.48. The average Bonchev–Trinajstić information content (AvgIpc) is 2.38. The maximum absolute atomic E-state index is 11.3. The molecule has 0 aromatic heterocycles. The summed E-state index contributed by atoms with van der Waals surface area (Å²) in [5.74, 6) is -0.343. The lowest BCUT2D eigenvalue weighted by atomic mass is 10.0. The number of rotatable bonds is 5. The summed E-state index contributed by atoms with van der Waals surface area (Å²) in [7, 11) is 0. The Morgan fingerprint density at radius 2 is 1.68 bits per heavy atom. The van der Waals surface area contributed by atoms with Gasteiger partial charge in [-0.05, 0) is 17.5 Å². The highest BCUT2D eigenvalue weighted by atomic mass is 16.5. The number of carbonyl (C=O) groups is 2. The second-order valence-corrected chi connectivity index (χ2v) is 4.21. The highest BCUT2D eigenvalue weighted by Crippen LogP contribution is 2.30. The highest BCUT2D eigenvalue weighted by molar-refractivity contribution is 5.76. The van der Waals surface area contributed by atoms with Crippen LogP contribution in [0, 0.1) is 0 Å². The predicted octanol–water partition coefficient (Wildman–Crippen LogP) is 0.538. The minimum absolute atomic E-state index is 0.153. The first-order valence-corrected chi connectivity index (χ1v) is 5.93. The maximum atomic E-state index is 11.3. The Morgan fingerprint density at radius 1 is 1.11 bits per heavy atom. The molecule has 19 heavy (non-hydrogen) atoms. The lowest BCUT2D eigenvalue weighted by Gasteiger charge is -2.14. The third-order valence-electron chi connectivity index (χ3n) is 2.40. The minimum atomic E-state index is -0.562. The van der Waals surface area contributed by atoms with Crippen LogP contribution in [0.5, 0.6) is 11.5 Å². The second kappa shape index (κ2) is 6.86. The minimum Gasteiger partial charge on any atom is -0.425 e. The summed E-state index contributed by atoms with van der Waals surface area (Å²) in [6.45, 7) is 3.48. The van der Waals surface area contributed by atoms with Crippen LogP contribution < -0.4 is 20.9 Å². The molecule has 0 radical (unpaired) electrons. The van der Waals surface area contributed by atoms with Crippen LogP contribution in [0.3, 0.4) is 0 Å². The van der Waals surface area contributed by atoms with Crippen LogP contribution in [0.2, 0.25) is 0 Å². The van der Waals surface area contributed by atoms with Gasteiger partial charge in [-0.3, -0.25) is 9.59 Å². The van der Waals surface area contributed by atoms with Gasteiger partial charge in [-0.2, -0.15) is 0 Å². The van der Waals surface area contributed by atoms with Gasteiger partial charge < -0.3 is 20.9 Å². The van der Waals surface area contributed by atoms with Gasteiger partial charge in [0, 0.05) is 6.07 Å². The van der Waals surface area contributed by atoms with E-state index in [1.807, 2.05) is 13.8 Å². The lowest BCUT2D eigenvalue weighted by Crippen LogP contribution is -2.21. The van der Waals surface area contributed by atoms with Gasteiger partial charge >= 0.3 is 11.9 Å². The van der Waals surface area contributed by atoms with Crippen molar-refractivity contribution in [1.29, 1.82) is 0 Å². The van der Waals surface area contributed by atoms with E-state index in [0.29, 0.717) is 5.75 Å². The van der Waals surface area contributed by atoms with E-state index >= 15 is 0 Å². The van der Waals surface area contributed by atoms with Crippen molar-refractivity contribution in [3.05, 3.63) is 23.8 Å². The molecule has 0 heterocycles. The van der Waals surface area contributed by atoms with E-state index in [-0.39, 0.29) is 24.8 Å². The van der Waals surface area contributed by atoms with Crippen molar-refractivity contribution in [2.24, 2.45) is 11.5 Å². The molecule has 0 saturated carbocycles. The molecule has 0 amide bonds. The SMILES string of the molecule is CC(C)c1ccc(OC(=O)CN)cc1OC(=O)CN. The number of hydrogen-bond acceptors (Lipinski definition) is 6. The van der Waals surface area contributed by atoms with Gasteiger partial charge in [-0.15, -0.1) is 0 Å². The van der Waals surface area contributed by atoms with Crippen molar-refractivity contribution in [1.82, 2.24) is 0 Å². The van der Waals surface area contributed by atoms with E-state index in [0.717, 1.165) is 5.56 Å². The quantitative estimate of drug-likeness (QED) is 0.595. The first-order valence-electron chi connectivity index (χ1n) is 5.93. The van der Waals surface area contributed by atoms with Crippen LogP contribution in [0.1, 0.15) is 25.3 Å². The third kappa shape index (κ3) is 4.35. The molecule has 1 aromatic rings. The molecule has 6 nitrogen and oxygen atoms in total. The first-order chi connectivity index (χ1) is 8.97. The van der Waals surface area contributed by atoms with Gasteiger partial charge in [0.25, 0.3) is 0 Å². The van der Waals surface area contributed by atoms with E-state index in [1.165, 1.54) is 6.07 Å². The molecule has 6 heteroatoms. The van der Waals surface area contributed by atoms with Crippen molar-refractivity contribution in [2.45, 2.75) is 19.8 Å². The Bertz CT molecular complexity index is 472. The Balaban J connectivity index is 3.03. The van der Waals surface area contributed by atoms with Gasteiger partial charge in [0.1, 0.15) is 11.5 Å². The van der Waals surface area contributed by atoms with E-state index in [2.05, 4.69) is 0 Å². The molecule has 104 valence electrons. The molecule has 0 saturated heterocycles. The van der Waals surface area contributed by atoms with Gasteiger partial charge in [-0.25, -0.2) is 0 Å². The maximum Gasteiger partial charge on any atom is 0.325 e. The Labute approximate surface area is 111 Å². The molecule has 4 N–H and O–H groups in total. The number of esters is 2. The number of hydrogen-bond donors (Lipinski definition) is 2. The Morgan fingerprint density at radius 3 is 2.21 bits per heavy atom. The summed E-state index contributed by atoms with van der Waals surface area (Å²) in [4.78, 5) is 22.4. The van der Waals surface area contributed by atoms with Gasteiger partial charge in [-0.1, -0.05) is 19.9 Å². The Hall–Kier alpha value is -1.92. The van der Waals surface area contributed by atoms with Crippen molar-refractivity contribution in [2.75, 3.05) is 13.1 Å². The van der Waals surface area contributed by atoms with E-state index < -0.39 is 11.9 Å². The van der Waals surface area contributed by atoms with Crippen LogP contribution in [-0.2, 0) is 9.59 Å². The first kappa shape index (κ1) is 15.1. The van der Waals surface area contributed by atoms with Crippen molar-refractivity contribution in [3.8, 4) is 11.5 Å². The molecular formula is C13H18N2O4. The molecule has 1 rings (SSSR count).